The van der Waals surface area contributed by atoms with Gasteiger partial charge in [-0.1, -0.05) is 89.4 Å². The number of aryl methyl sites for hydroxylation is 1. The maximum absolute atomic E-state index is 14.9. The normalized spacial score (nSPS) is 17.5. The minimum atomic E-state index is -1.76. The van der Waals surface area contributed by atoms with Crippen LogP contribution in [-0.2, 0) is 23.4 Å². The van der Waals surface area contributed by atoms with Gasteiger partial charge in [0, 0.05) is 22.2 Å². The van der Waals surface area contributed by atoms with Crippen molar-refractivity contribution in [3.8, 4) is 0 Å². The predicted molar refractivity (Wildman–Crippen MR) is 158 cm³/mol. The zero-order valence-electron chi connectivity index (χ0n) is 21.9. The van der Waals surface area contributed by atoms with Crippen LogP contribution in [0.3, 0.4) is 0 Å². The van der Waals surface area contributed by atoms with Gasteiger partial charge in [-0.2, -0.15) is 0 Å². The molecule has 202 valence electrons. The van der Waals surface area contributed by atoms with Gasteiger partial charge in [0.15, 0.2) is 11.0 Å². The van der Waals surface area contributed by atoms with Crippen LogP contribution in [0, 0.1) is 6.92 Å². The van der Waals surface area contributed by atoms with Gasteiger partial charge in [-0.15, -0.1) is 0 Å². The van der Waals surface area contributed by atoms with Crippen LogP contribution in [0.15, 0.2) is 100 Å². The minimum Gasteiger partial charge on any atom is -0.450 e. The van der Waals surface area contributed by atoms with Crippen LogP contribution in [0.5, 0.6) is 0 Å². The second kappa shape index (κ2) is 9.33. The summed E-state index contributed by atoms with van der Waals surface area (Å²) in [5, 5.41) is 0.985. The highest BCUT2D eigenvalue weighted by Crippen LogP contribution is 2.53. The Morgan fingerprint density at radius 1 is 0.829 bits per heavy atom. The van der Waals surface area contributed by atoms with Crippen LogP contribution < -0.4 is 10.3 Å². The molecule has 1 atom stereocenters. The van der Waals surface area contributed by atoms with Crippen molar-refractivity contribution in [2.24, 2.45) is 0 Å². The van der Waals surface area contributed by atoms with Gasteiger partial charge in [-0.3, -0.25) is 14.4 Å². The SMILES string of the molecule is Cc1cccc(CN2C(=O)C3(c4ccccc42)c2c(oc4ccc(Cl)cc4c2=O)C(=O)N3Cc2ccccc2Cl)c1. The van der Waals surface area contributed by atoms with Gasteiger partial charge >= 0.3 is 0 Å². The zero-order chi connectivity index (χ0) is 28.5. The average molecular weight is 581 g/mol. The fourth-order valence-corrected chi connectivity index (χ4v) is 6.50. The van der Waals surface area contributed by atoms with E-state index in [2.05, 4.69) is 0 Å². The van der Waals surface area contributed by atoms with E-state index in [1.54, 1.807) is 47.4 Å². The van der Waals surface area contributed by atoms with Crippen molar-refractivity contribution in [3.05, 3.63) is 145 Å². The van der Waals surface area contributed by atoms with Crippen LogP contribution in [-0.4, -0.2) is 16.7 Å². The molecule has 2 amide bonds. The number of rotatable bonds is 4. The predicted octanol–water partition coefficient (Wildman–Crippen LogP) is 6.85. The summed E-state index contributed by atoms with van der Waals surface area (Å²) in [7, 11) is 0. The molecule has 5 aromatic rings. The van der Waals surface area contributed by atoms with E-state index in [1.165, 1.54) is 11.0 Å². The summed E-state index contributed by atoms with van der Waals surface area (Å²) in [5.41, 5.74) is 1.75. The Morgan fingerprint density at radius 3 is 2.41 bits per heavy atom. The molecule has 3 heterocycles. The van der Waals surface area contributed by atoms with Crippen molar-refractivity contribution in [1.82, 2.24) is 4.90 Å². The van der Waals surface area contributed by atoms with E-state index in [-0.39, 0.29) is 35.4 Å². The Hall–Kier alpha value is -4.39. The summed E-state index contributed by atoms with van der Waals surface area (Å²) in [6.07, 6.45) is 0. The third-order valence-corrected chi connectivity index (χ3v) is 8.51. The number of hydrogen-bond donors (Lipinski definition) is 0. The van der Waals surface area contributed by atoms with Crippen molar-refractivity contribution < 1.29 is 14.0 Å². The molecule has 2 aliphatic heterocycles. The molecular weight excluding hydrogens is 559 g/mol. The monoisotopic (exact) mass is 580 g/mol. The van der Waals surface area contributed by atoms with Crippen molar-refractivity contribution in [2.75, 3.05) is 4.90 Å². The Balaban J connectivity index is 1.53. The molecule has 6 nitrogen and oxygen atoms in total. The Labute approximate surface area is 245 Å². The third-order valence-electron chi connectivity index (χ3n) is 7.91. The number of benzene rings is 4. The molecular formula is C33H22Cl2N2O4. The van der Waals surface area contributed by atoms with Crippen LogP contribution in [0.4, 0.5) is 5.69 Å². The quantitative estimate of drug-likeness (QED) is 0.233. The smallest absolute Gasteiger partial charge is 0.291 e. The highest BCUT2D eigenvalue weighted by Gasteiger charge is 2.65. The topological polar surface area (TPSA) is 70.8 Å². The van der Waals surface area contributed by atoms with Gasteiger partial charge in [0.2, 0.25) is 5.76 Å². The van der Waals surface area contributed by atoms with Crippen molar-refractivity contribution in [3.63, 3.8) is 0 Å². The molecule has 0 bridgehead atoms. The first kappa shape index (κ1) is 25.6. The lowest BCUT2D eigenvalue weighted by Crippen LogP contribution is -2.53. The molecule has 1 unspecified atom stereocenters. The summed E-state index contributed by atoms with van der Waals surface area (Å²) in [6, 6.07) is 27.0. The molecule has 1 aromatic heterocycles. The molecule has 4 aromatic carbocycles. The number of carbonyl (C=O) groups is 2. The lowest BCUT2D eigenvalue weighted by molar-refractivity contribution is -0.126. The van der Waals surface area contributed by atoms with E-state index in [1.807, 2.05) is 49.4 Å². The number of nitrogens with zero attached hydrogens (tertiary/aromatic N) is 2. The Bertz CT molecular complexity index is 1980. The van der Waals surface area contributed by atoms with E-state index in [0.29, 0.717) is 26.9 Å². The maximum atomic E-state index is 14.9. The van der Waals surface area contributed by atoms with Gasteiger partial charge < -0.3 is 14.2 Å². The Kier molecular flexibility index (Phi) is 5.82. The first-order valence-electron chi connectivity index (χ1n) is 13.1. The molecule has 41 heavy (non-hydrogen) atoms. The highest BCUT2D eigenvalue weighted by atomic mass is 35.5. The van der Waals surface area contributed by atoms with Gasteiger partial charge in [0.1, 0.15) is 5.58 Å². The summed E-state index contributed by atoms with van der Waals surface area (Å²) in [5.74, 6) is -1.13. The average Bonchev–Trinajstić information content (AvgIpc) is 3.35. The van der Waals surface area contributed by atoms with E-state index in [4.69, 9.17) is 27.6 Å². The first-order chi connectivity index (χ1) is 19.8. The number of halogens is 2. The molecule has 8 heteroatoms. The Morgan fingerprint density at radius 2 is 1.61 bits per heavy atom. The molecule has 2 aliphatic rings. The second-order valence-corrected chi connectivity index (χ2v) is 11.2. The third kappa shape index (κ3) is 3.68. The number of fused-ring (bicyclic) bond motifs is 5. The second-order valence-electron chi connectivity index (χ2n) is 10.4. The van der Waals surface area contributed by atoms with Crippen LogP contribution in [0.1, 0.15) is 38.4 Å². The lowest BCUT2D eigenvalue weighted by Gasteiger charge is -2.34. The minimum absolute atomic E-state index is 0.00601. The van der Waals surface area contributed by atoms with Gasteiger partial charge in [-0.05, 0) is 48.4 Å². The van der Waals surface area contributed by atoms with Crippen molar-refractivity contribution in [2.45, 2.75) is 25.6 Å². The molecule has 1 spiro atoms. The van der Waals surface area contributed by atoms with Gasteiger partial charge in [0.25, 0.3) is 11.8 Å². The van der Waals surface area contributed by atoms with Gasteiger partial charge in [0.05, 0.1) is 23.2 Å². The number of amides is 2. The zero-order valence-corrected chi connectivity index (χ0v) is 23.4. The van der Waals surface area contributed by atoms with Crippen molar-refractivity contribution >= 4 is 51.7 Å². The number of carbonyl (C=O) groups excluding carboxylic acids is 2. The van der Waals surface area contributed by atoms with Gasteiger partial charge in [-0.25, -0.2) is 0 Å². The van der Waals surface area contributed by atoms with Crippen LogP contribution >= 0.6 is 23.2 Å². The molecule has 0 aliphatic carbocycles. The molecule has 7 rings (SSSR count). The largest absolute Gasteiger partial charge is 0.450 e. The molecule has 0 saturated heterocycles. The fourth-order valence-electron chi connectivity index (χ4n) is 6.13. The number of para-hydroxylation sites is 1. The summed E-state index contributed by atoms with van der Waals surface area (Å²) in [6.45, 7) is 2.23. The van der Waals surface area contributed by atoms with E-state index < -0.39 is 22.8 Å². The van der Waals surface area contributed by atoms with Crippen molar-refractivity contribution in [1.29, 1.82) is 0 Å². The van der Waals surface area contributed by atoms with Crippen LogP contribution in [0.2, 0.25) is 10.0 Å². The maximum Gasteiger partial charge on any atom is 0.291 e. The molecule has 0 fully saturated rings. The summed E-state index contributed by atoms with van der Waals surface area (Å²) >= 11 is 12.8. The molecule has 0 saturated carbocycles. The molecule has 0 radical (unpaired) electrons. The van der Waals surface area contributed by atoms with Crippen LogP contribution in [0.25, 0.3) is 11.0 Å². The standard InChI is InChI=1S/C33H22Cl2N2O4/c1-19-7-6-8-20(15-19)17-36-26-12-5-3-10-24(26)33(32(36)40)28-29(38)23-16-22(34)13-14-27(23)41-30(28)31(39)37(33)18-21-9-2-4-11-25(21)35/h2-16H,17-18H2,1H3. The first-order valence-corrected chi connectivity index (χ1v) is 13.9. The summed E-state index contributed by atoms with van der Waals surface area (Å²) in [4.78, 5) is 46.6. The van der Waals surface area contributed by atoms with E-state index in [9.17, 15) is 14.4 Å². The summed E-state index contributed by atoms with van der Waals surface area (Å²) < 4.78 is 6.12. The van der Waals surface area contributed by atoms with E-state index >= 15 is 0 Å². The van der Waals surface area contributed by atoms with E-state index in [0.717, 1.165) is 11.1 Å². The number of hydrogen-bond acceptors (Lipinski definition) is 4. The lowest BCUT2D eigenvalue weighted by atomic mass is 9.83. The highest BCUT2D eigenvalue weighted by molar-refractivity contribution is 6.31. The number of anilines is 1. The molecule has 0 N–H and O–H groups in total. The fraction of sp³-hybridized carbons (Fsp3) is 0.121.